The highest BCUT2D eigenvalue weighted by molar-refractivity contribution is 7.98. The van der Waals surface area contributed by atoms with Crippen LogP contribution >= 0.6 is 11.8 Å². The minimum Gasteiger partial charge on any atom is -0.486 e. The predicted octanol–water partition coefficient (Wildman–Crippen LogP) is 3.60. The number of nitrogens with zero attached hydrogens (tertiary/aromatic N) is 5. The van der Waals surface area contributed by atoms with Crippen LogP contribution in [0.3, 0.4) is 0 Å². The van der Waals surface area contributed by atoms with E-state index in [9.17, 15) is 0 Å². The fourth-order valence-corrected chi connectivity index (χ4v) is 3.77. The molecule has 2 aromatic carbocycles. The van der Waals surface area contributed by atoms with Crippen molar-refractivity contribution < 1.29 is 14.0 Å². The Morgan fingerprint density at radius 2 is 1.79 bits per heavy atom. The smallest absolute Gasteiger partial charge is 0.237 e. The van der Waals surface area contributed by atoms with Gasteiger partial charge in [0.1, 0.15) is 13.2 Å². The van der Waals surface area contributed by atoms with E-state index in [1.807, 2.05) is 60.1 Å². The van der Waals surface area contributed by atoms with Gasteiger partial charge in [0, 0.05) is 18.2 Å². The van der Waals surface area contributed by atoms with Crippen LogP contribution in [-0.4, -0.2) is 38.1 Å². The molecule has 1 aliphatic heterocycles. The zero-order valence-electron chi connectivity index (χ0n) is 15.6. The maximum absolute atomic E-state index is 5.66. The molecule has 8 nitrogen and oxygen atoms in total. The molecule has 0 fully saturated rings. The van der Waals surface area contributed by atoms with Crippen molar-refractivity contribution in [2.45, 2.75) is 10.9 Å². The van der Waals surface area contributed by atoms with Crippen LogP contribution in [0.5, 0.6) is 11.5 Å². The first kappa shape index (κ1) is 17.7. The lowest BCUT2D eigenvalue weighted by Crippen LogP contribution is -2.15. The summed E-state index contributed by atoms with van der Waals surface area (Å²) in [4.78, 5) is 4.45. The Morgan fingerprint density at radius 3 is 2.66 bits per heavy atom. The molecule has 9 heteroatoms. The average molecular weight is 407 g/mol. The minimum absolute atomic E-state index is 0.507. The first-order valence-corrected chi connectivity index (χ1v) is 10.1. The summed E-state index contributed by atoms with van der Waals surface area (Å²) in [5.74, 6) is 3.86. The van der Waals surface area contributed by atoms with E-state index in [1.165, 1.54) is 11.8 Å². The van der Waals surface area contributed by atoms with Gasteiger partial charge >= 0.3 is 0 Å². The van der Waals surface area contributed by atoms with Gasteiger partial charge in [0.05, 0.1) is 5.75 Å². The number of fused-ring (bicyclic) bond motifs is 1. The Kier molecular flexibility index (Phi) is 4.65. The summed E-state index contributed by atoms with van der Waals surface area (Å²) >= 11 is 1.49. The van der Waals surface area contributed by atoms with Crippen molar-refractivity contribution in [3.05, 3.63) is 54.4 Å². The molecule has 4 aromatic rings. The lowest BCUT2D eigenvalue weighted by molar-refractivity contribution is 0.171. The van der Waals surface area contributed by atoms with Crippen LogP contribution < -0.4 is 9.47 Å². The quantitative estimate of drug-likeness (QED) is 0.464. The molecule has 2 aromatic heterocycles. The minimum atomic E-state index is 0.507. The number of hydrogen-bond donors (Lipinski definition) is 0. The Labute approximate surface area is 170 Å². The number of hydrogen-bond acceptors (Lipinski definition) is 8. The largest absolute Gasteiger partial charge is 0.486 e. The third kappa shape index (κ3) is 3.56. The average Bonchev–Trinajstić information content (AvgIpc) is 3.39. The van der Waals surface area contributed by atoms with Crippen LogP contribution in [0.15, 0.2) is 58.2 Å². The van der Waals surface area contributed by atoms with Gasteiger partial charge in [-0.3, -0.25) is 0 Å². The van der Waals surface area contributed by atoms with E-state index in [4.69, 9.17) is 14.0 Å². The van der Waals surface area contributed by atoms with Crippen molar-refractivity contribution in [2.75, 3.05) is 13.2 Å². The summed E-state index contributed by atoms with van der Waals surface area (Å²) in [7, 11) is 1.93. The molecular weight excluding hydrogens is 390 g/mol. The molecule has 0 saturated heterocycles. The summed E-state index contributed by atoms with van der Waals surface area (Å²) in [6, 6.07) is 15.5. The van der Waals surface area contributed by atoms with E-state index in [-0.39, 0.29) is 0 Å². The lowest BCUT2D eigenvalue weighted by Gasteiger charge is -2.18. The van der Waals surface area contributed by atoms with E-state index in [1.54, 1.807) is 0 Å². The van der Waals surface area contributed by atoms with E-state index in [0.717, 1.165) is 33.6 Å². The van der Waals surface area contributed by atoms with Gasteiger partial charge in [-0.1, -0.05) is 47.3 Å². The van der Waals surface area contributed by atoms with E-state index in [0.29, 0.717) is 30.7 Å². The van der Waals surface area contributed by atoms with Crippen LogP contribution in [0, 0.1) is 0 Å². The summed E-state index contributed by atoms with van der Waals surface area (Å²) in [5.41, 5.74) is 1.84. The fourth-order valence-electron chi connectivity index (χ4n) is 3.02. The maximum Gasteiger partial charge on any atom is 0.237 e. The van der Waals surface area contributed by atoms with E-state index >= 15 is 0 Å². The normalized spacial score (nSPS) is 12.9. The number of aromatic nitrogens is 5. The van der Waals surface area contributed by atoms with Gasteiger partial charge in [-0.05, 0) is 18.2 Å². The first-order chi connectivity index (χ1) is 14.3. The van der Waals surface area contributed by atoms with E-state index < -0.39 is 0 Å². The molecule has 0 saturated carbocycles. The van der Waals surface area contributed by atoms with Crippen molar-refractivity contribution >= 4 is 11.8 Å². The fraction of sp³-hybridized carbons (Fsp3) is 0.200. The van der Waals surface area contributed by atoms with Gasteiger partial charge in [-0.25, -0.2) is 0 Å². The molecule has 0 unspecified atom stereocenters. The molecule has 1 aliphatic rings. The number of ether oxygens (including phenoxy) is 2. The van der Waals surface area contributed by atoms with Gasteiger partial charge in [0.15, 0.2) is 22.5 Å². The molecule has 0 amide bonds. The second-order valence-corrected chi connectivity index (χ2v) is 7.33. The van der Waals surface area contributed by atoms with Gasteiger partial charge in [0.25, 0.3) is 0 Å². The van der Waals surface area contributed by atoms with Gasteiger partial charge < -0.3 is 18.6 Å². The van der Waals surface area contributed by atoms with Crippen molar-refractivity contribution in [1.29, 1.82) is 0 Å². The van der Waals surface area contributed by atoms with Crippen LogP contribution in [0.2, 0.25) is 0 Å². The van der Waals surface area contributed by atoms with Crippen LogP contribution in [-0.2, 0) is 12.8 Å². The summed E-state index contributed by atoms with van der Waals surface area (Å²) < 4.78 is 18.5. The lowest BCUT2D eigenvalue weighted by atomic mass is 10.2. The molecule has 3 heterocycles. The summed E-state index contributed by atoms with van der Waals surface area (Å²) in [6.45, 7) is 1.12. The summed E-state index contributed by atoms with van der Waals surface area (Å²) in [6.07, 6.45) is 0. The van der Waals surface area contributed by atoms with Crippen molar-refractivity contribution in [2.24, 2.45) is 7.05 Å². The molecule has 0 bridgehead atoms. The monoisotopic (exact) mass is 407 g/mol. The summed E-state index contributed by atoms with van der Waals surface area (Å²) in [5, 5.41) is 13.4. The van der Waals surface area contributed by atoms with Gasteiger partial charge in [0.2, 0.25) is 11.7 Å². The zero-order chi connectivity index (χ0) is 19.6. The van der Waals surface area contributed by atoms with Crippen molar-refractivity contribution in [3.8, 4) is 34.3 Å². The van der Waals surface area contributed by atoms with Crippen molar-refractivity contribution in [3.63, 3.8) is 0 Å². The second kappa shape index (κ2) is 7.59. The Bertz CT molecular complexity index is 1140. The van der Waals surface area contributed by atoms with Crippen molar-refractivity contribution in [1.82, 2.24) is 24.9 Å². The molecule has 0 N–H and O–H groups in total. The molecule has 0 atom stereocenters. The van der Waals surface area contributed by atoms with Crippen LogP contribution in [0.1, 0.15) is 5.89 Å². The highest BCUT2D eigenvalue weighted by atomic mass is 32.2. The van der Waals surface area contributed by atoms with Crippen LogP contribution in [0.25, 0.3) is 22.8 Å². The van der Waals surface area contributed by atoms with E-state index in [2.05, 4.69) is 20.3 Å². The van der Waals surface area contributed by atoms with Gasteiger partial charge in [-0.15, -0.1) is 10.2 Å². The SMILES string of the molecule is Cn1c(SCc2nc(-c3ccccc3)no2)nnc1-c1ccc2c(c1)OCCO2. The van der Waals surface area contributed by atoms with Crippen LogP contribution in [0.4, 0.5) is 0 Å². The second-order valence-electron chi connectivity index (χ2n) is 6.39. The van der Waals surface area contributed by atoms with Gasteiger partial charge in [-0.2, -0.15) is 4.98 Å². The Balaban J connectivity index is 1.31. The maximum atomic E-state index is 5.66. The molecule has 0 aliphatic carbocycles. The zero-order valence-corrected chi connectivity index (χ0v) is 16.4. The molecule has 146 valence electrons. The Hall–Kier alpha value is -3.33. The highest BCUT2D eigenvalue weighted by Crippen LogP contribution is 2.34. The standard InChI is InChI=1S/C20H17N5O3S/c1-25-19(14-7-8-15-16(11-14)27-10-9-26-15)22-23-20(25)29-12-17-21-18(24-28-17)13-5-3-2-4-6-13/h2-8,11H,9-10,12H2,1H3. The first-order valence-electron chi connectivity index (χ1n) is 9.08. The Morgan fingerprint density at radius 1 is 0.966 bits per heavy atom. The third-order valence-electron chi connectivity index (χ3n) is 4.46. The molecule has 0 radical (unpaired) electrons. The highest BCUT2D eigenvalue weighted by Gasteiger charge is 2.17. The third-order valence-corrected chi connectivity index (χ3v) is 5.47. The molecule has 29 heavy (non-hydrogen) atoms. The number of benzene rings is 2. The molecule has 0 spiro atoms. The number of rotatable bonds is 5. The topological polar surface area (TPSA) is 88.1 Å². The molecule has 5 rings (SSSR count). The number of thioether (sulfide) groups is 1. The molecular formula is C20H17N5O3S. The predicted molar refractivity (Wildman–Crippen MR) is 107 cm³/mol.